The molecule has 0 saturated heterocycles. The lowest BCUT2D eigenvalue weighted by Gasteiger charge is -2.13. The van der Waals surface area contributed by atoms with Crippen LogP contribution in [0.4, 0.5) is 11.5 Å². The number of ether oxygens (including phenoxy) is 1. The van der Waals surface area contributed by atoms with Crippen molar-refractivity contribution in [3.8, 4) is 5.75 Å². The summed E-state index contributed by atoms with van der Waals surface area (Å²) < 4.78 is 5.26. The van der Waals surface area contributed by atoms with Gasteiger partial charge in [0, 0.05) is 4.88 Å². The van der Waals surface area contributed by atoms with Crippen molar-refractivity contribution < 1.29 is 9.53 Å². The third-order valence-electron chi connectivity index (χ3n) is 4.05. The van der Waals surface area contributed by atoms with Crippen molar-refractivity contribution in [2.24, 2.45) is 0 Å². The summed E-state index contributed by atoms with van der Waals surface area (Å²) in [7, 11) is 1.57. The second-order valence-corrected chi connectivity index (χ2v) is 8.32. The molecule has 1 aromatic carbocycles. The largest absolute Gasteiger partial charge is 0.495 e. The number of thioether (sulfide) groups is 1. The van der Waals surface area contributed by atoms with E-state index in [0.29, 0.717) is 22.4 Å². The normalized spacial score (nSPS) is 12.2. The molecule has 3 rings (SSSR count). The summed E-state index contributed by atoms with van der Waals surface area (Å²) in [6, 6.07) is 7.29. The first-order chi connectivity index (χ1) is 12.4. The molecule has 2 heterocycles. The zero-order chi connectivity index (χ0) is 18.8. The van der Waals surface area contributed by atoms with E-state index in [2.05, 4.69) is 15.3 Å². The average molecular weight is 389 g/mol. The van der Waals surface area contributed by atoms with Gasteiger partial charge in [0.25, 0.3) is 0 Å². The van der Waals surface area contributed by atoms with Crippen LogP contribution in [-0.4, -0.2) is 28.2 Å². The van der Waals surface area contributed by atoms with Crippen molar-refractivity contribution in [3.63, 3.8) is 0 Å². The van der Waals surface area contributed by atoms with E-state index in [1.165, 1.54) is 16.6 Å². The van der Waals surface area contributed by atoms with Gasteiger partial charge in [-0.15, -0.1) is 11.3 Å². The van der Waals surface area contributed by atoms with Gasteiger partial charge in [-0.25, -0.2) is 9.97 Å². The Kier molecular flexibility index (Phi) is 5.33. The SMILES string of the molecule is COc1ccccc1NC(=O)C(C)Sc1nc(N)c2c(C)c(C)sc2n1. The molecule has 0 aliphatic rings. The van der Waals surface area contributed by atoms with E-state index in [1.54, 1.807) is 30.6 Å². The fourth-order valence-electron chi connectivity index (χ4n) is 2.51. The Morgan fingerprint density at radius 2 is 2.04 bits per heavy atom. The number of para-hydroxylation sites is 2. The number of aryl methyl sites for hydroxylation is 2. The first-order valence-electron chi connectivity index (χ1n) is 8.04. The lowest BCUT2D eigenvalue weighted by molar-refractivity contribution is -0.115. The highest BCUT2D eigenvalue weighted by molar-refractivity contribution is 8.00. The number of carbonyl (C=O) groups is 1. The molecular weight excluding hydrogens is 368 g/mol. The molecule has 1 atom stereocenters. The molecule has 0 saturated carbocycles. The number of nitrogens with zero attached hydrogens (tertiary/aromatic N) is 2. The van der Waals surface area contributed by atoms with Crippen LogP contribution in [0.3, 0.4) is 0 Å². The number of benzene rings is 1. The van der Waals surface area contributed by atoms with Crippen molar-refractivity contribution in [3.05, 3.63) is 34.7 Å². The lowest BCUT2D eigenvalue weighted by atomic mass is 10.2. The summed E-state index contributed by atoms with van der Waals surface area (Å²) >= 11 is 2.87. The highest BCUT2D eigenvalue weighted by Gasteiger charge is 2.19. The van der Waals surface area contributed by atoms with Crippen molar-refractivity contribution in [2.75, 3.05) is 18.2 Å². The zero-order valence-corrected chi connectivity index (χ0v) is 16.6. The monoisotopic (exact) mass is 388 g/mol. The number of hydrogen-bond donors (Lipinski definition) is 2. The molecule has 0 aliphatic carbocycles. The number of nitrogen functional groups attached to an aromatic ring is 1. The van der Waals surface area contributed by atoms with E-state index in [1.807, 2.05) is 32.9 Å². The minimum absolute atomic E-state index is 0.152. The number of hydrogen-bond acceptors (Lipinski definition) is 7. The molecule has 0 spiro atoms. The highest BCUT2D eigenvalue weighted by Crippen LogP contribution is 2.34. The van der Waals surface area contributed by atoms with E-state index in [9.17, 15) is 4.79 Å². The fourth-order valence-corrected chi connectivity index (χ4v) is 4.38. The van der Waals surface area contributed by atoms with Crippen LogP contribution in [0.2, 0.25) is 0 Å². The molecule has 26 heavy (non-hydrogen) atoms. The molecule has 1 amide bonds. The third-order valence-corrected chi connectivity index (χ3v) is 6.11. The molecule has 6 nitrogen and oxygen atoms in total. The maximum atomic E-state index is 12.5. The smallest absolute Gasteiger partial charge is 0.237 e. The topological polar surface area (TPSA) is 90.1 Å². The Balaban J connectivity index is 1.78. The first kappa shape index (κ1) is 18.5. The van der Waals surface area contributed by atoms with Crippen molar-refractivity contribution >= 4 is 50.7 Å². The highest BCUT2D eigenvalue weighted by atomic mass is 32.2. The molecule has 0 fully saturated rings. The van der Waals surface area contributed by atoms with Gasteiger partial charge < -0.3 is 15.8 Å². The number of thiophene rings is 1. The van der Waals surface area contributed by atoms with Gasteiger partial charge in [0.05, 0.1) is 23.4 Å². The molecule has 0 radical (unpaired) electrons. The summed E-state index contributed by atoms with van der Waals surface area (Å²) in [6.07, 6.45) is 0. The Morgan fingerprint density at radius 1 is 1.31 bits per heavy atom. The molecule has 0 bridgehead atoms. The Morgan fingerprint density at radius 3 is 2.77 bits per heavy atom. The van der Waals surface area contributed by atoms with Crippen LogP contribution in [-0.2, 0) is 4.79 Å². The molecule has 3 aromatic rings. The van der Waals surface area contributed by atoms with Gasteiger partial charge in [0.2, 0.25) is 5.91 Å². The van der Waals surface area contributed by atoms with Gasteiger partial charge in [-0.1, -0.05) is 23.9 Å². The summed E-state index contributed by atoms with van der Waals surface area (Å²) in [5, 5.41) is 3.89. The number of fused-ring (bicyclic) bond motifs is 1. The molecular formula is C18H20N4O2S2. The minimum Gasteiger partial charge on any atom is -0.495 e. The predicted octanol–water partition coefficient (Wildman–Crippen LogP) is 4.02. The number of aromatic nitrogens is 2. The van der Waals surface area contributed by atoms with E-state index < -0.39 is 0 Å². The number of anilines is 2. The van der Waals surface area contributed by atoms with Gasteiger partial charge in [-0.05, 0) is 38.5 Å². The predicted molar refractivity (Wildman–Crippen MR) is 108 cm³/mol. The maximum Gasteiger partial charge on any atom is 0.237 e. The molecule has 136 valence electrons. The second-order valence-electron chi connectivity index (χ2n) is 5.80. The van der Waals surface area contributed by atoms with Crippen LogP contribution >= 0.6 is 23.1 Å². The number of nitrogens with one attached hydrogen (secondary N) is 1. The van der Waals surface area contributed by atoms with E-state index in [0.717, 1.165) is 15.8 Å². The number of amides is 1. The Bertz CT molecular complexity index is 971. The summed E-state index contributed by atoms with van der Waals surface area (Å²) in [5.74, 6) is 0.918. The third kappa shape index (κ3) is 3.61. The summed E-state index contributed by atoms with van der Waals surface area (Å²) in [4.78, 5) is 23.5. The minimum atomic E-state index is -0.390. The van der Waals surface area contributed by atoms with Crippen LogP contribution < -0.4 is 15.8 Å². The van der Waals surface area contributed by atoms with Crippen LogP contribution in [0.5, 0.6) is 5.75 Å². The number of nitrogens with two attached hydrogens (primary N) is 1. The van der Waals surface area contributed by atoms with Crippen LogP contribution in [0.1, 0.15) is 17.4 Å². The second kappa shape index (κ2) is 7.51. The van der Waals surface area contributed by atoms with Gasteiger partial charge in [-0.3, -0.25) is 4.79 Å². The van der Waals surface area contributed by atoms with Gasteiger partial charge in [0.1, 0.15) is 16.4 Å². The quantitative estimate of drug-likeness (QED) is 0.507. The average Bonchev–Trinajstić information content (AvgIpc) is 2.89. The molecule has 8 heteroatoms. The van der Waals surface area contributed by atoms with Crippen LogP contribution in [0.15, 0.2) is 29.4 Å². The fraction of sp³-hybridized carbons (Fsp3) is 0.278. The van der Waals surface area contributed by atoms with E-state index in [4.69, 9.17) is 10.5 Å². The van der Waals surface area contributed by atoms with E-state index >= 15 is 0 Å². The van der Waals surface area contributed by atoms with Crippen molar-refractivity contribution in [1.29, 1.82) is 0 Å². The summed E-state index contributed by atoms with van der Waals surface area (Å²) in [5.41, 5.74) is 7.85. The first-order valence-corrected chi connectivity index (χ1v) is 9.74. The summed E-state index contributed by atoms with van der Waals surface area (Å²) in [6.45, 7) is 5.87. The van der Waals surface area contributed by atoms with Crippen molar-refractivity contribution in [2.45, 2.75) is 31.2 Å². The molecule has 0 aliphatic heterocycles. The van der Waals surface area contributed by atoms with Crippen LogP contribution in [0.25, 0.3) is 10.2 Å². The standard InChI is InChI=1S/C18H20N4O2S2/c1-9-10(2)25-17-14(9)15(19)21-18(22-17)26-11(3)16(23)20-12-7-5-6-8-13(12)24-4/h5-8,11H,1-4H3,(H,20,23)(H2,19,21,22). The Hall–Kier alpha value is -2.32. The Labute approximate surface area is 160 Å². The number of carbonyl (C=O) groups excluding carboxylic acids is 1. The van der Waals surface area contributed by atoms with Crippen molar-refractivity contribution in [1.82, 2.24) is 9.97 Å². The zero-order valence-electron chi connectivity index (χ0n) is 15.0. The van der Waals surface area contributed by atoms with E-state index in [-0.39, 0.29) is 11.2 Å². The number of rotatable bonds is 5. The lowest BCUT2D eigenvalue weighted by Crippen LogP contribution is -2.23. The number of methoxy groups -OCH3 is 1. The molecule has 3 N–H and O–H groups in total. The molecule has 1 unspecified atom stereocenters. The van der Waals surface area contributed by atoms with Gasteiger partial charge in [0.15, 0.2) is 5.16 Å². The van der Waals surface area contributed by atoms with Gasteiger partial charge >= 0.3 is 0 Å². The van der Waals surface area contributed by atoms with Crippen LogP contribution in [0, 0.1) is 13.8 Å². The molecule has 2 aromatic heterocycles. The van der Waals surface area contributed by atoms with Gasteiger partial charge in [-0.2, -0.15) is 0 Å². The maximum absolute atomic E-state index is 12.5.